The molecule has 5 nitrogen and oxygen atoms in total. The van der Waals surface area contributed by atoms with Crippen LogP contribution in [0.4, 0.5) is 11.4 Å². The zero-order valence-electron chi connectivity index (χ0n) is 7.15. The summed E-state index contributed by atoms with van der Waals surface area (Å²) in [5.41, 5.74) is 4.84. The third-order valence-corrected chi connectivity index (χ3v) is 2.18. The average molecular weight is 179 g/mol. The lowest BCUT2D eigenvalue weighted by molar-refractivity contribution is -0.385. The molecular formula is C8H9N3O2. The van der Waals surface area contributed by atoms with E-state index in [4.69, 9.17) is 0 Å². The number of nitro groups is 1. The van der Waals surface area contributed by atoms with Crippen molar-refractivity contribution in [3.63, 3.8) is 0 Å². The highest BCUT2D eigenvalue weighted by Crippen LogP contribution is 2.31. The molecule has 0 unspecified atom stereocenters. The Kier molecular flexibility index (Phi) is 1.66. The smallest absolute Gasteiger partial charge is 0.276 e. The van der Waals surface area contributed by atoms with E-state index >= 15 is 0 Å². The number of anilines is 1. The maximum atomic E-state index is 10.6. The molecule has 0 bridgehead atoms. The highest BCUT2D eigenvalue weighted by molar-refractivity contribution is 5.63. The molecule has 1 aromatic rings. The summed E-state index contributed by atoms with van der Waals surface area (Å²) in [6.07, 6.45) is 0. The monoisotopic (exact) mass is 179 g/mol. The van der Waals surface area contributed by atoms with Crippen LogP contribution in [0.25, 0.3) is 0 Å². The molecule has 1 aliphatic rings. The lowest BCUT2D eigenvalue weighted by Gasteiger charge is -2.10. The maximum absolute atomic E-state index is 10.6. The van der Waals surface area contributed by atoms with Crippen molar-refractivity contribution in [2.45, 2.75) is 6.54 Å². The van der Waals surface area contributed by atoms with Gasteiger partial charge in [-0.1, -0.05) is 6.07 Å². The first-order chi connectivity index (χ1) is 6.20. The first-order valence-electron chi connectivity index (χ1n) is 3.93. The fraction of sp³-hybridized carbons (Fsp3) is 0.250. The topological polar surface area (TPSA) is 58.4 Å². The second-order valence-corrected chi connectivity index (χ2v) is 2.93. The van der Waals surface area contributed by atoms with E-state index in [1.54, 1.807) is 11.1 Å². The first kappa shape index (κ1) is 8.00. The van der Waals surface area contributed by atoms with Gasteiger partial charge in [0.1, 0.15) is 0 Å². The SMILES string of the molecule is CN1NCc2c1cccc2[N+](=O)[O-]. The molecule has 0 saturated heterocycles. The zero-order chi connectivity index (χ0) is 9.42. The van der Waals surface area contributed by atoms with Gasteiger partial charge in [0.15, 0.2) is 0 Å². The normalized spacial score (nSPS) is 14.4. The number of nitro benzene ring substituents is 1. The first-order valence-corrected chi connectivity index (χ1v) is 3.93. The Labute approximate surface area is 75.1 Å². The Balaban J connectivity index is 2.57. The van der Waals surface area contributed by atoms with Gasteiger partial charge in [-0.25, -0.2) is 5.43 Å². The Morgan fingerprint density at radius 3 is 3.08 bits per heavy atom. The molecule has 68 valence electrons. The summed E-state index contributed by atoms with van der Waals surface area (Å²) in [5.74, 6) is 0. The molecule has 0 atom stereocenters. The van der Waals surface area contributed by atoms with Crippen LogP contribution in [0.3, 0.4) is 0 Å². The average Bonchev–Trinajstić information content (AvgIpc) is 2.48. The molecule has 1 heterocycles. The van der Waals surface area contributed by atoms with Gasteiger partial charge in [0.05, 0.1) is 16.2 Å². The van der Waals surface area contributed by atoms with Crippen molar-refractivity contribution < 1.29 is 4.92 Å². The van der Waals surface area contributed by atoms with E-state index in [2.05, 4.69) is 5.43 Å². The van der Waals surface area contributed by atoms with Gasteiger partial charge in [-0.2, -0.15) is 0 Å². The molecule has 2 rings (SSSR count). The minimum Gasteiger partial charge on any atom is -0.311 e. The number of nitrogens with one attached hydrogen (secondary N) is 1. The Morgan fingerprint density at radius 2 is 2.38 bits per heavy atom. The molecule has 0 amide bonds. The Bertz CT molecular complexity index is 364. The molecule has 0 radical (unpaired) electrons. The number of fused-ring (bicyclic) bond motifs is 1. The summed E-state index contributed by atoms with van der Waals surface area (Å²) in [6.45, 7) is 0.531. The molecule has 5 heteroatoms. The van der Waals surface area contributed by atoms with Crippen molar-refractivity contribution in [1.82, 2.24) is 5.43 Å². The second kappa shape index (κ2) is 2.70. The standard InChI is InChI=1S/C8H9N3O2/c1-10-7-3-2-4-8(11(12)13)6(7)5-9-10/h2-4,9H,5H2,1H3. The van der Waals surface area contributed by atoms with Gasteiger partial charge in [0, 0.05) is 19.7 Å². The van der Waals surface area contributed by atoms with Gasteiger partial charge in [0.2, 0.25) is 0 Å². The molecule has 0 aliphatic carbocycles. The van der Waals surface area contributed by atoms with Crippen molar-refractivity contribution in [3.05, 3.63) is 33.9 Å². The zero-order valence-corrected chi connectivity index (χ0v) is 7.15. The van der Waals surface area contributed by atoms with Gasteiger partial charge >= 0.3 is 0 Å². The highest BCUT2D eigenvalue weighted by Gasteiger charge is 2.23. The minimum atomic E-state index is -0.348. The van der Waals surface area contributed by atoms with Crippen LogP contribution >= 0.6 is 0 Å². The van der Waals surface area contributed by atoms with E-state index in [0.29, 0.717) is 6.54 Å². The summed E-state index contributed by atoms with van der Waals surface area (Å²) in [5, 5.41) is 12.4. The van der Waals surface area contributed by atoms with Gasteiger partial charge < -0.3 is 5.01 Å². The predicted octanol–water partition coefficient (Wildman–Crippen LogP) is 1.05. The summed E-state index contributed by atoms with van der Waals surface area (Å²) in [7, 11) is 1.84. The van der Waals surface area contributed by atoms with E-state index in [-0.39, 0.29) is 10.6 Å². The van der Waals surface area contributed by atoms with Crippen LogP contribution in [-0.2, 0) is 6.54 Å². The van der Waals surface area contributed by atoms with Crippen LogP contribution in [0, 0.1) is 10.1 Å². The van der Waals surface area contributed by atoms with Gasteiger partial charge in [-0.05, 0) is 6.07 Å². The van der Waals surface area contributed by atoms with E-state index in [9.17, 15) is 10.1 Å². The molecule has 1 N–H and O–H groups in total. The molecule has 0 fully saturated rings. The molecule has 0 aromatic heterocycles. The van der Waals surface area contributed by atoms with Crippen molar-refractivity contribution >= 4 is 11.4 Å². The molecule has 1 aromatic carbocycles. The van der Waals surface area contributed by atoms with Crippen molar-refractivity contribution in [3.8, 4) is 0 Å². The van der Waals surface area contributed by atoms with Crippen LogP contribution in [0.15, 0.2) is 18.2 Å². The van der Waals surface area contributed by atoms with Gasteiger partial charge in [-0.3, -0.25) is 10.1 Å². The third kappa shape index (κ3) is 1.13. The Morgan fingerprint density at radius 1 is 1.62 bits per heavy atom. The maximum Gasteiger partial charge on any atom is 0.276 e. The third-order valence-electron chi connectivity index (χ3n) is 2.18. The summed E-state index contributed by atoms with van der Waals surface area (Å²) >= 11 is 0. The Hall–Kier alpha value is -1.62. The van der Waals surface area contributed by atoms with Crippen LogP contribution in [0.2, 0.25) is 0 Å². The number of nitrogens with zero attached hydrogens (tertiary/aromatic N) is 2. The molecule has 13 heavy (non-hydrogen) atoms. The second-order valence-electron chi connectivity index (χ2n) is 2.93. The number of hydrogen-bond acceptors (Lipinski definition) is 4. The summed E-state index contributed by atoms with van der Waals surface area (Å²) in [6, 6.07) is 5.09. The van der Waals surface area contributed by atoms with Crippen molar-refractivity contribution in [2.75, 3.05) is 12.1 Å². The minimum absolute atomic E-state index is 0.189. The van der Waals surface area contributed by atoms with Crippen molar-refractivity contribution in [1.29, 1.82) is 0 Å². The lowest BCUT2D eigenvalue weighted by Crippen LogP contribution is -2.26. The molecular weight excluding hydrogens is 170 g/mol. The van der Waals surface area contributed by atoms with Gasteiger partial charge in [0.25, 0.3) is 5.69 Å². The van der Waals surface area contributed by atoms with E-state index < -0.39 is 0 Å². The quantitative estimate of drug-likeness (QED) is 0.517. The van der Waals surface area contributed by atoms with Crippen LogP contribution in [0.1, 0.15) is 5.56 Å². The lowest BCUT2D eigenvalue weighted by atomic mass is 10.1. The van der Waals surface area contributed by atoms with Crippen LogP contribution in [0.5, 0.6) is 0 Å². The number of benzene rings is 1. The predicted molar refractivity (Wildman–Crippen MR) is 48.3 cm³/mol. The highest BCUT2D eigenvalue weighted by atomic mass is 16.6. The molecule has 0 spiro atoms. The van der Waals surface area contributed by atoms with E-state index in [1.165, 1.54) is 6.07 Å². The van der Waals surface area contributed by atoms with Gasteiger partial charge in [-0.15, -0.1) is 0 Å². The molecule has 1 aliphatic heterocycles. The number of rotatable bonds is 1. The number of hydrogen-bond donors (Lipinski definition) is 1. The fourth-order valence-electron chi connectivity index (χ4n) is 1.51. The summed E-state index contributed by atoms with van der Waals surface area (Å²) < 4.78 is 0. The van der Waals surface area contributed by atoms with E-state index in [0.717, 1.165) is 11.3 Å². The van der Waals surface area contributed by atoms with Crippen LogP contribution in [-0.4, -0.2) is 12.0 Å². The molecule has 0 saturated carbocycles. The van der Waals surface area contributed by atoms with Crippen LogP contribution < -0.4 is 10.4 Å². The largest absolute Gasteiger partial charge is 0.311 e. The summed E-state index contributed by atoms with van der Waals surface area (Å²) in [4.78, 5) is 10.3. The fourth-order valence-corrected chi connectivity index (χ4v) is 1.51. The number of hydrazine groups is 1. The van der Waals surface area contributed by atoms with E-state index in [1.807, 2.05) is 13.1 Å². The van der Waals surface area contributed by atoms with Crippen molar-refractivity contribution in [2.24, 2.45) is 0 Å².